The minimum Gasteiger partial charge on any atom is -0.300 e. The zero-order valence-electron chi connectivity index (χ0n) is 10.4. The first-order chi connectivity index (χ1) is 6.92. The number of hydrogen-bond acceptors (Lipinski definition) is 1. The van der Waals surface area contributed by atoms with Crippen LogP contribution >= 0.6 is 0 Å². The topological polar surface area (TPSA) is 17.1 Å². The number of Topliss-reactive ketones (excluding diaryl/α,β-unsaturated/α-hetero) is 1. The Kier molecular flexibility index (Phi) is 2.52. The Balaban J connectivity index is 2.26. The molecule has 1 heteroatoms. The zero-order chi connectivity index (χ0) is 11.2. The molecule has 0 heterocycles. The third-order valence-corrected chi connectivity index (χ3v) is 4.40. The maximum Gasteiger partial charge on any atom is 0.133 e. The number of rotatable bonds is 1. The van der Waals surface area contributed by atoms with E-state index in [1.165, 1.54) is 6.42 Å². The van der Waals surface area contributed by atoms with Crippen molar-refractivity contribution in [3.8, 4) is 0 Å². The van der Waals surface area contributed by atoms with Gasteiger partial charge in [-0.05, 0) is 43.9 Å². The molecule has 0 saturated heterocycles. The van der Waals surface area contributed by atoms with Crippen molar-refractivity contribution in [1.82, 2.24) is 0 Å². The summed E-state index contributed by atoms with van der Waals surface area (Å²) in [5, 5.41) is 0. The molecule has 2 unspecified atom stereocenters. The first kappa shape index (κ1) is 10.9. The lowest BCUT2D eigenvalue weighted by molar-refractivity contribution is -0.121. The molecule has 0 bridgehead atoms. The Morgan fingerprint density at radius 2 is 2.07 bits per heavy atom. The van der Waals surface area contributed by atoms with Gasteiger partial charge in [-0.25, -0.2) is 0 Å². The summed E-state index contributed by atoms with van der Waals surface area (Å²) in [4.78, 5) is 11.4. The van der Waals surface area contributed by atoms with E-state index in [1.807, 2.05) is 0 Å². The van der Waals surface area contributed by atoms with Crippen molar-refractivity contribution < 1.29 is 4.79 Å². The molecule has 84 valence electrons. The van der Waals surface area contributed by atoms with E-state index in [2.05, 4.69) is 20.8 Å². The summed E-state index contributed by atoms with van der Waals surface area (Å²) >= 11 is 0. The molecule has 15 heavy (non-hydrogen) atoms. The Bertz CT molecular complexity index is 322. The van der Waals surface area contributed by atoms with Crippen LogP contribution in [0.25, 0.3) is 0 Å². The van der Waals surface area contributed by atoms with E-state index in [9.17, 15) is 4.79 Å². The van der Waals surface area contributed by atoms with Gasteiger partial charge in [-0.1, -0.05) is 31.9 Å². The number of ketones is 1. The largest absolute Gasteiger partial charge is 0.300 e. The van der Waals surface area contributed by atoms with Crippen LogP contribution in [0.3, 0.4) is 0 Å². The molecule has 0 spiro atoms. The third-order valence-electron chi connectivity index (χ3n) is 4.40. The van der Waals surface area contributed by atoms with E-state index in [0.29, 0.717) is 23.0 Å². The molecule has 0 aliphatic heterocycles. The van der Waals surface area contributed by atoms with E-state index >= 15 is 0 Å². The van der Waals surface area contributed by atoms with Gasteiger partial charge in [-0.2, -0.15) is 0 Å². The fourth-order valence-corrected chi connectivity index (χ4v) is 3.60. The fraction of sp³-hybridized carbons (Fsp3) is 0.786. The summed E-state index contributed by atoms with van der Waals surface area (Å²) in [6.07, 6.45) is 4.58. The molecule has 0 N–H and O–H groups in total. The van der Waals surface area contributed by atoms with Gasteiger partial charge >= 0.3 is 0 Å². The van der Waals surface area contributed by atoms with Gasteiger partial charge in [-0.15, -0.1) is 0 Å². The fourth-order valence-electron chi connectivity index (χ4n) is 3.60. The number of carbonyl (C=O) groups is 1. The predicted octanol–water partition coefficient (Wildman–Crippen LogP) is 3.74. The summed E-state index contributed by atoms with van der Waals surface area (Å²) < 4.78 is 0. The summed E-state index contributed by atoms with van der Waals surface area (Å²) in [5.41, 5.74) is 3.69. The average Bonchev–Trinajstić information content (AvgIpc) is 2.37. The Morgan fingerprint density at radius 3 is 2.67 bits per heavy atom. The maximum atomic E-state index is 11.4. The number of hydrogen-bond donors (Lipinski definition) is 0. The van der Waals surface area contributed by atoms with E-state index in [0.717, 1.165) is 19.3 Å². The predicted molar refractivity (Wildman–Crippen MR) is 62.6 cm³/mol. The van der Waals surface area contributed by atoms with Crippen LogP contribution in [0.1, 0.15) is 53.4 Å². The van der Waals surface area contributed by atoms with Crippen LogP contribution in [-0.4, -0.2) is 5.78 Å². The maximum absolute atomic E-state index is 11.4. The highest BCUT2D eigenvalue weighted by Gasteiger charge is 2.40. The molecule has 0 aromatic carbocycles. The molecule has 2 rings (SSSR count). The van der Waals surface area contributed by atoms with Crippen LogP contribution in [0, 0.1) is 17.3 Å². The van der Waals surface area contributed by atoms with Crippen LogP contribution in [0.4, 0.5) is 0 Å². The van der Waals surface area contributed by atoms with Crippen LogP contribution in [0.2, 0.25) is 0 Å². The molecule has 2 atom stereocenters. The van der Waals surface area contributed by atoms with Crippen molar-refractivity contribution in [2.45, 2.75) is 53.4 Å². The molecule has 2 aliphatic rings. The second-order valence-corrected chi connectivity index (χ2v) is 6.04. The van der Waals surface area contributed by atoms with E-state index in [1.54, 1.807) is 18.1 Å². The van der Waals surface area contributed by atoms with Gasteiger partial charge < -0.3 is 0 Å². The molecule has 1 nitrogen and oxygen atoms in total. The minimum atomic E-state index is 0.320. The summed E-state index contributed by atoms with van der Waals surface area (Å²) in [5.74, 6) is 1.41. The Labute approximate surface area is 92.9 Å². The quantitative estimate of drug-likeness (QED) is 0.597. The van der Waals surface area contributed by atoms with Gasteiger partial charge in [-0.3, -0.25) is 4.79 Å². The normalized spacial score (nSPS) is 34.1. The van der Waals surface area contributed by atoms with Gasteiger partial charge in [0.05, 0.1) is 0 Å². The zero-order valence-corrected chi connectivity index (χ0v) is 10.4. The molecule has 0 radical (unpaired) electrons. The van der Waals surface area contributed by atoms with E-state index < -0.39 is 0 Å². The molecule has 0 saturated carbocycles. The standard InChI is InChI=1S/C14H22O/c1-9-8-14(3,4)13-6-5-11(10(2)15)7-12(9)13/h9,11H,5-8H2,1-4H3. The lowest BCUT2D eigenvalue weighted by Gasteiger charge is -2.28. The molecule has 2 aliphatic carbocycles. The van der Waals surface area contributed by atoms with E-state index in [4.69, 9.17) is 0 Å². The lowest BCUT2D eigenvalue weighted by atomic mass is 9.76. The first-order valence-corrected chi connectivity index (χ1v) is 6.14. The van der Waals surface area contributed by atoms with Crippen molar-refractivity contribution in [2.24, 2.45) is 17.3 Å². The van der Waals surface area contributed by atoms with Crippen molar-refractivity contribution in [3.63, 3.8) is 0 Å². The Morgan fingerprint density at radius 1 is 1.40 bits per heavy atom. The molecule has 0 aromatic rings. The molecular formula is C14H22O. The first-order valence-electron chi connectivity index (χ1n) is 6.14. The average molecular weight is 206 g/mol. The summed E-state index contributed by atoms with van der Waals surface area (Å²) in [6.45, 7) is 8.80. The number of carbonyl (C=O) groups excluding carboxylic acids is 1. The molecular weight excluding hydrogens is 184 g/mol. The van der Waals surface area contributed by atoms with Crippen LogP contribution in [0.5, 0.6) is 0 Å². The summed E-state index contributed by atoms with van der Waals surface area (Å²) in [6, 6.07) is 0. The highest BCUT2D eigenvalue weighted by molar-refractivity contribution is 5.79. The third kappa shape index (κ3) is 1.77. The van der Waals surface area contributed by atoms with Crippen LogP contribution in [0.15, 0.2) is 11.1 Å². The molecule has 0 amide bonds. The Hall–Kier alpha value is -0.590. The molecule has 0 aromatic heterocycles. The SMILES string of the molecule is CC(=O)C1CCC2=C(C1)C(C)CC2(C)C. The van der Waals surface area contributed by atoms with E-state index in [-0.39, 0.29) is 0 Å². The summed E-state index contributed by atoms with van der Waals surface area (Å²) in [7, 11) is 0. The lowest BCUT2D eigenvalue weighted by Crippen LogP contribution is -2.19. The number of allylic oxidation sites excluding steroid dienone is 2. The van der Waals surface area contributed by atoms with Crippen LogP contribution < -0.4 is 0 Å². The monoisotopic (exact) mass is 206 g/mol. The van der Waals surface area contributed by atoms with Crippen molar-refractivity contribution in [1.29, 1.82) is 0 Å². The van der Waals surface area contributed by atoms with Crippen LogP contribution in [-0.2, 0) is 4.79 Å². The van der Waals surface area contributed by atoms with Gasteiger partial charge in [0.15, 0.2) is 0 Å². The van der Waals surface area contributed by atoms with Crippen molar-refractivity contribution in [2.75, 3.05) is 0 Å². The highest BCUT2D eigenvalue weighted by Crippen LogP contribution is 2.52. The highest BCUT2D eigenvalue weighted by atomic mass is 16.1. The molecule has 0 fully saturated rings. The van der Waals surface area contributed by atoms with Gasteiger partial charge in [0, 0.05) is 5.92 Å². The smallest absolute Gasteiger partial charge is 0.133 e. The minimum absolute atomic E-state index is 0.320. The van der Waals surface area contributed by atoms with Gasteiger partial charge in [0.2, 0.25) is 0 Å². The second-order valence-electron chi connectivity index (χ2n) is 6.04. The van der Waals surface area contributed by atoms with Crippen molar-refractivity contribution in [3.05, 3.63) is 11.1 Å². The van der Waals surface area contributed by atoms with Gasteiger partial charge in [0.25, 0.3) is 0 Å². The van der Waals surface area contributed by atoms with Crippen molar-refractivity contribution >= 4 is 5.78 Å². The van der Waals surface area contributed by atoms with Gasteiger partial charge in [0.1, 0.15) is 5.78 Å². The second kappa shape index (κ2) is 3.47.